The number of benzene rings is 1. The average molecular weight is 389 g/mol. The molecule has 1 aromatic heterocycles. The van der Waals surface area contributed by atoms with Crippen molar-refractivity contribution in [1.29, 1.82) is 0 Å². The van der Waals surface area contributed by atoms with E-state index in [4.69, 9.17) is 16.7 Å². The van der Waals surface area contributed by atoms with Gasteiger partial charge in [-0.3, -0.25) is 4.90 Å². The maximum absolute atomic E-state index is 13.1. The molecule has 0 amide bonds. The monoisotopic (exact) mass is 388 g/mol. The summed E-state index contributed by atoms with van der Waals surface area (Å²) in [6.07, 6.45) is 0.783. The van der Waals surface area contributed by atoms with Crippen molar-refractivity contribution >= 4 is 43.0 Å². The van der Waals surface area contributed by atoms with Crippen molar-refractivity contribution < 1.29 is 13.5 Å². The number of likely N-dealkylation sites (N-methyl/N-ethyl adjacent to an activating group) is 1. The standard InChI is InChI=1S/C16H21ClN2O3S2/c1-11-14-9-12(17)3-4-15(14)23-16(11)24(21,22)19-6-5-13(10-19)18(2)7-8-20/h3-4,9,13,20H,5-8,10H2,1-2H3. The van der Waals surface area contributed by atoms with Gasteiger partial charge >= 0.3 is 0 Å². The summed E-state index contributed by atoms with van der Waals surface area (Å²) in [6.45, 7) is 3.45. The van der Waals surface area contributed by atoms with Gasteiger partial charge in [0.1, 0.15) is 4.21 Å². The minimum Gasteiger partial charge on any atom is -0.395 e. The highest BCUT2D eigenvalue weighted by molar-refractivity contribution is 7.91. The van der Waals surface area contributed by atoms with Crippen LogP contribution in [0.5, 0.6) is 0 Å². The van der Waals surface area contributed by atoms with Crippen LogP contribution in [0.1, 0.15) is 12.0 Å². The molecule has 0 radical (unpaired) electrons. The molecule has 1 N–H and O–H groups in total. The van der Waals surface area contributed by atoms with Gasteiger partial charge in [0.15, 0.2) is 0 Å². The molecule has 1 aliphatic rings. The Hall–Kier alpha value is -0.700. The van der Waals surface area contributed by atoms with Crippen molar-refractivity contribution in [2.75, 3.05) is 33.3 Å². The molecule has 132 valence electrons. The fourth-order valence-electron chi connectivity index (χ4n) is 3.16. The smallest absolute Gasteiger partial charge is 0.252 e. The molecule has 3 rings (SSSR count). The summed E-state index contributed by atoms with van der Waals surface area (Å²) in [5, 5.41) is 10.6. The van der Waals surface area contributed by atoms with Gasteiger partial charge in [-0.15, -0.1) is 11.3 Å². The van der Waals surface area contributed by atoms with Crippen molar-refractivity contribution in [2.24, 2.45) is 0 Å². The van der Waals surface area contributed by atoms with Gasteiger partial charge in [0.2, 0.25) is 0 Å². The molecule has 1 unspecified atom stereocenters. The lowest BCUT2D eigenvalue weighted by molar-refractivity contribution is 0.184. The molecular weight excluding hydrogens is 368 g/mol. The summed E-state index contributed by atoms with van der Waals surface area (Å²) < 4.78 is 29.0. The van der Waals surface area contributed by atoms with E-state index in [2.05, 4.69) is 0 Å². The van der Waals surface area contributed by atoms with Gasteiger partial charge in [0, 0.05) is 35.4 Å². The summed E-state index contributed by atoms with van der Waals surface area (Å²) in [5.74, 6) is 0. The molecular formula is C16H21ClN2O3S2. The normalized spacial score (nSPS) is 19.6. The van der Waals surface area contributed by atoms with Gasteiger partial charge in [0.05, 0.1) is 6.61 Å². The zero-order valence-electron chi connectivity index (χ0n) is 13.7. The molecule has 1 aromatic carbocycles. The van der Waals surface area contributed by atoms with Crippen molar-refractivity contribution in [2.45, 2.75) is 23.6 Å². The average Bonchev–Trinajstić information content (AvgIpc) is 3.14. The van der Waals surface area contributed by atoms with E-state index in [1.54, 1.807) is 10.4 Å². The summed E-state index contributed by atoms with van der Waals surface area (Å²) in [5.41, 5.74) is 0.768. The number of rotatable bonds is 5. The highest BCUT2D eigenvalue weighted by Gasteiger charge is 2.36. The Bertz CT molecular complexity index is 850. The van der Waals surface area contributed by atoms with Gasteiger partial charge in [0.25, 0.3) is 10.0 Å². The SMILES string of the molecule is Cc1c(S(=O)(=O)N2CCC(N(C)CCO)C2)sc2ccc(Cl)cc12. The number of hydrogen-bond donors (Lipinski definition) is 1. The third kappa shape index (κ3) is 3.21. The van der Waals surface area contributed by atoms with Crippen molar-refractivity contribution in [3.05, 3.63) is 28.8 Å². The number of hydrogen-bond acceptors (Lipinski definition) is 5. The molecule has 0 aliphatic carbocycles. The number of nitrogens with zero attached hydrogens (tertiary/aromatic N) is 2. The summed E-state index contributed by atoms with van der Waals surface area (Å²) >= 11 is 7.35. The molecule has 1 saturated heterocycles. The predicted molar refractivity (Wildman–Crippen MR) is 98.5 cm³/mol. The van der Waals surface area contributed by atoms with E-state index in [1.807, 2.05) is 31.0 Å². The van der Waals surface area contributed by atoms with Gasteiger partial charge < -0.3 is 5.11 Å². The van der Waals surface area contributed by atoms with Crippen molar-refractivity contribution in [1.82, 2.24) is 9.21 Å². The zero-order valence-corrected chi connectivity index (χ0v) is 16.1. The first-order valence-corrected chi connectivity index (χ1v) is 10.5. The van der Waals surface area contributed by atoms with Crippen molar-refractivity contribution in [3.63, 3.8) is 0 Å². The number of sulfonamides is 1. The van der Waals surface area contributed by atoms with Crippen LogP contribution in [0, 0.1) is 6.92 Å². The highest BCUT2D eigenvalue weighted by atomic mass is 35.5. The second-order valence-corrected chi connectivity index (χ2v) is 9.79. The molecule has 1 fully saturated rings. The van der Waals surface area contributed by atoms with Gasteiger partial charge in [-0.05, 0) is 49.5 Å². The van der Waals surface area contributed by atoms with Gasteiger partial charge in [-0.2, -0.15) is 4.31 Å². The van der Waals surface area contributed by atoms with Gasteiger partial charge in [-0.1, -0.05) is 11.6 Å². The highest BCUT2D eigenvalue weighted by Crippen LogP contribution is 2.37. The first-order chi connectivity index (χ1) is 11.3. The Balaban J connectivity index is 1.90. The zero-order chi connectivity index (χ0) is 17.5. The van der Waals surface area contributed by atoms with Crippen LogP contribution >= 0.6 is 22.9 Å². The van der Waals surface area contributed by atoms with E-state index in [9.17, 15) is 8.42 Å². The predicted octanol–water partition coefficient (Wildman–Crippen LogP) is 2.55. The molecule has 0 bridgehead atoms. The third-order valence-corrected chi connectivity index (χ3v) is 8.60. The van der Waals surface area contributed by atoms with E-state index in [0.29, 0.717) is 28.9 Å². The Labute approximate surface area is 151 Å². The first-order valence-electron chi connectivity index (χ1n) is 7.84. The summed E-state index contributed by atoms with van der Waals surface area (Å²) in [4.78, 5) is 2.02. The molecule has 1 atom stereocenters. The lowest BCUT2D eigenvalue weighted by atomic mass is 10.2. The van der Waals surface area contributed by atoms with Crippen LogP contribution in [0.4, 0.5) is 0 Å². The maximum Gasteiger partial charge on any atom is 0.252 e. The van der Waals surface area contributed by atoms with Crippen LogP contribution in [0.2, 0.25) is 5.02 Å². The van der Waals surface area contributed by atoms with Crippen LogP contribution in [0.3, 0.4) is 0 Å². The Morgan fingerprint density at radius 1 is 1.46 bits per heavy atom. The van der Waals surface area contributed by atoms with Crippen LogP contribution in [0.25, 0.3) is 10.1 Å². The van der Waals surface area contributed by atoms with E-state index in [1.165, 1.54) is 11.3 Å². The lowest BCUT2D eigenvalue weighted by Gasteiger charge is -2.23. The molecule has 1 aliphatic heterocycles. The quantitative estimate of drug-likeness (QED) is 0.855. The molecule has 24 heavy (non-hydrogen) atoms. The Morgan fingerprint density at radius 2 is 2.21 bits per heavy atom. The minimum absolute atomic E-state index is 0.0793. The van der Waals surface area contributed by atoms with E-state index < -0.39 is 10.0 Å². The number of halogens is 1. The molecule has 0 spiro atoms. The number of thiophene rings is 1. The first kappa shape index (κ1) is 18.1. The number of fused-ring (bicyclic) bond motifs is 1. The number of aliphatic hydroxyl groups is 1. The third-order valence-electron chi connectivity index (χ3n) is 4.63. The van der Waals surface area contributed by atoms with Gasteiger partial charge in [-0.25, -0.2) is 8.42 Å². The fourth-order valence-corrected chi connectivity index (χ4v) is 6.71. The number of aryl methyl sites for hydroxylation is 1. The van der Waals surface area contributed by atoms with Crippen LogP contribution < -0.4 is 0 Å². The van der Waals surface area contributed by atoms with E-state index in [-0.39, 0.29) is 12.6 Å². The van der Waals surface area contributed by atoms with Crippen LogP contribution in [-0.2, 0) is 10.0 Å². The number of aliphatic hydroxyl groups excluding tert-OH is 1. The van der Waals surface area contributed by atoms with E-state index in [0.717, 1.165) is 22.1 Å². The molecule has 5 nitrogen and oxygen atoms in total. The molecule has 0 saturated carbocycles. The second kappa shape index (κ2) is 6.90. The maximum atomic E-state index is 13.1. The lowest BCUT2D eigenvalue weighted by Crippen LogP contribution is -2.37. The van der Waals surface area contributed by atoms with Crippen LogP contribution in [-0.4, -0.2) is 62.1 Å². The fraction of sp³-hybridized carbons (Fsp3) is 0.500. The molecule has 2 aromatic rings. The summed E-state index contributed by atoms with van der Waals surface area (Å²) in [6, 6.07) is 5.63. The topological polar surface area (TPSA) is 60.9 Å². The molecule has 8 heteroatoms. The Kier molecular flexibility index (Phi) is 5.20. The van der Waals surface area contributed by atoms with E-state index >= 15 is 0 Å². The molecule has 2 heterocycles. The summed E-state index contributed by atoms with van der Waals surface area (Å²) in [7, 11) is -1.59. The van der Waals surface area contributed by atoms with Crippen LogP contribution in [0.15, 0.2) is 22.4 Å². The minimum atomic E-state index is -3.51. The van der Waals surface area contributed by atoms with Crippen molar-refractivity contribution in [3.8, 4) is 0 Å². The largest absolute Gasteiger partial charge is 0.395 e. The second-order valence-electron chi connectivity index (χ2n) is 6.16. The Morgan fingerprint density at radius 3 is 2.92 bits per heavy atom.